The number of hydrogen-bond acceptors (Lipinski definition) is 5. The quantitative estimate of drug-likeness (QED) is 0.703. The van der Waals surface area contributed by atoms with E-state index in [1.54, 1.807) is 6.07 Å². The van der Waals surface area contributed by atoms with Gasteiger partial charge in [-0.25, -0.2) is 0 Å². The first-order valence-electron chi connectivity index (χ1n) is 4.34. The fourth-order valence-corrected chi connectivity index (χ4v) is 1.95. The van der Waals surface area contributed by atoms with E-state index < -0.39 is 10.1 Å². The van der Waals surface area contributed by atoms with Crippen LogP contribution in [0.25, 0.3) is 0 Å². The maximum absolute atomic E-state index is 11.4. The molecule has 6 heteroatoms. The van der Waals surface area contributed by atoms with Gasteiger partial charge in [-0.05, 0) is 12.1 Å². The molecule has 0 saturated carbocycles. The van der Waals surface area contributed by atoms with Crippen LogP contribution in [-0.2, 0) is 14.3 Å². The van der Waals surface area contributed by atoms with Crippen molar-refractivity contribution in [3.8, 4) is 11.5 Å². The van der Waals surface area contributed by atoms with Gasteiger partial charge < -0.3 is 9.47 Å². The third-order valence-corrected chi connectivity index (χ3v) is 3.29. The normalized spacial score (nSPS) is 15.0. The number of benzene rings is 1. The molecule has 82 valence electrons. The number of fused-ring (bicyclic) bond motifs is 1. The van der Waals surface area contributed by atoms with E-state index in [1.807, 2.05) is 0 Å². The highest BCUT2D eigenvalue weighted by Crippen LogP contribution is 2.32. The topological polar surface area (TPSA) is 61.8 Å². The molecule has 0 radical (unpaired) electrons. The maximum atomic E-state index is 11.4. The van der Waals surface area contributed by atoms with Crippen LogP contribution < -0.4 is 9.47 Å². The van der Waals surface area contributed by atoms with Gasteiger partial charge in [0, 0.05) is 6.07 Å². The van der Waals surface area contributed by atoms with Crippen LogP contribution in [0.3, 0.4) is 0 Å². The van der Waals surface area contributed by atoms with E-state index in [0.29, 0.717) is 24.7 Å². The van der Waals surface area contributed by atoms with Crippen LogP contribution in [0.2, 0.25) is 0 Å². The van der Waals surface area contributed by atoms with Crippen molar-refractivity contribution >= 4 is 10.1 Å². The summed E-state index contributed by atoms with van der Waals surface area (Å²) in [6.45, 7) is 0.896. The van der Waals surface area contributed by atoms with Crippen molar-refractivity contribution in [1.29, 1.82) is 0 Å². The fraction of sp³-hybridized carbons (Fsp3) is 0.333. The molecule has 1 aliphatic heterocycles. The zero-order valence-electron chi connectivity index (χ0n) is 8.10. The Morgan fingerprint density at radius 1 is 1.20 bits per heavy atom. The molecule has 5 nitrogen and oxygen atoms in total. The highest BCUT2D eigenvalue weighted by Gasteiger charge is 2.18. The van der Waals surface area contributed by atoms with Crippen molar-refractivity contribution in [3.63, 3.8) is 0 Å². The summed E-state index contributed by atoms with van der Waals surface area (Å²) in [7, 11) is -2.55. The van der Waals surface area contributed by atoms with E-state index in [4.69, 9.17) is 9.47 Å². The second kappa shape index (κ2) is 3.71. The van der Waals surface area contributed by atoms with Crippen LogP contribution in [0.1, 0.15) is 0 Å². The van der Waals surface area contributed by atoms with Gasteiger partial charge in [-0.1, -0.05) is 0 Å². The van der Waals surface area contributed by atoms with Gasteiger partial charge >= 0.3 is 0 Å². The van der Waals surface area contributed by atoms with E-state index >= 15 is 0 Å². The molecule has 0 fully saturated rings. The van der Waals surface area contributed by atoms with E-state index in [9.17, 15) is 8.42 Å². The van der Waals surface area contributed by atoms with Crippen molar-refractivity contribution in [3.05, 3.63) is 18.2 Å². The van der Waals surface area contributed by atoms with E-state index in [2.05, 4.69) is 4.18 Å². The number of rotatable bonds is 2. The van der Waals surface area contributed by atoms with Gasteiger partial charge in [0.25, 0.3) is 10.1 Å². The van der Waals surface area contributed by atoms with Gasteiger partial charge in [-0.15, -0.1) is 0 Å². The Hall–Kier alpha value is -1.27. The van der Waals surface area contributed by atoms with Crippen LogP contribution in [-0.4, -0.2) is 28.7 Å². The molecule has 15 heavy (non-hydrogen) atoms. The minimum Gasteiger partial charge on any atom is -0.486 e. The van der Waals surface area contributed by atoms with Crippen LogP contribution in [0.5, 0.6) is 11.5 Å². The summed E-state index contributed by atoms with van der Waals surface area (Å²) >= 11 is 0. The van der Waals surface area contributed by atoms with Gasteiger partial charge in [-0.2, -0.15) is 8.42 Å². The Labute approximate surface area is 87.7 Å². The van der Waals surface area contributed by atoms with E-state index in [0.717, 1.165) is 7.11 Å². The van der Waals surface area contributed by atoms with Gasteiger partial charge in [0.1, 0.15) is 13.2 Å². The van der Waals surface area contributed by atoms with Gasteiger partial charge in [-0.3, -0.25) is 4.18 Å². The predicted molar refractivity (Wildman–Crippen MR) is 51.6 cm³/mol. The standard InChI is InChI=1S/C9H10O5S/c1-12-15(10,11)7-2-3-8-9(6-7)14-5-4-13-8/h2-3,6H,4-5H2,1H3. The van der Waals surface area contributed by atoms with Crippen molar-refractivity contribution in [1.82, 2.24) is 0 Å². The molecule has 0 spiro atoms. The Kier molecular flexibility index (Phi) is 2.54. The third kappa shape index (κ3) is 1.91. The lowest BCUT2D eigenvalue weighted by atomic mass is 10.3. The molecule has 0 N–H and O–H groups in total. The second-order valence-electron chi connectivity index (χ2n) is 2.93. The minimum absolute atomic E-state index is 0.0641. The summed E-state index contributed by atoms with van der Waals surface area (Å²) in [5.41, 5.74) is 0. The van der Waals surface area contributed by atoms with E-state index in [1.165, 1.54) is 12.1 Å². The largest absolute Gasteiger partial charge is 0.486 e. The van der Waals surface area contributed by atoms with Crippen LogP contribution in [0.4, 0.5) is 0 Å². The molecule has 0 atom stereocenters. The summed E-state index contributed by atoms with van der Waals surface area (Å²) in [4.78, 5) is 0.0641. The zero-order valence-corrected chi connectivity index (χ0v) is 8.91. The maximum Gasteiger partial charge on any atom is 0.296 e. The van der Waals surface area contributed by atoms with Crippen molar-refractivity contribution in [2.75, 3.05) is 20.3 Å². The zero-order chi connectivity index (χ0) is 10.9. The summed E-state index contributed by atoms with van der Waals surface area (Å²) in [5, 5.41) is 0. The molecule has 1 heterocycles. The molecule has 2 rings (SSSR count). The first kappa shape index (κ1) is 10.3. The lowest BCUT2D eigenvalue weighted by molar-refractivity contribution is 0.171. The molecule has 1 aliphatic rings. The van der Waals surface area contributed by atoms with Gasteiger partial charge in [0.2, 0.25) is 0 Å². The second-order valence-corrected chi connectivity index (χ2v) is 4.64. The van der Waals surface area contributed by atoms with E-state index in [-0.39, 0.29) is 4.90 Å². The van der Waals surface area contributed by atoms with Gasteiger partial charge in [0.05, 0.1) is 12.0 Å². The highest BCUT2D eigenvalue weighted by atomic mass is 32.2. The van der Waals surface area contributed by atoms with Crippen molar-refractivity contribution in [2.45, 2.75) is 4.90 Å². The third-order valence-electron chi connectivity index (χ3n) is 2.02. The highest BCUT2D eigenvalue weighted by molar-refractivity contribution is 7.86. The lowest BCUT2D eigenvalue weighted by Crippen LogP contribution is -2.15. The van der Waals surface area contributed by atoms with Crippen LogP contribution in [0.15, 0.2) is 23.1 Å². The van der Waals surface area contributed by atoms with Crippen LogP contribution >= 0.6 is 0 Å². The summed E-state index contributed by atoms with van der Waals surface area (Å²) < 4.78 is 37.6. The number of ether oxygens (including phenoxy) is 2. The van der Waals surface area contributed by atoms with Crippen molar-refractivity contribution in [2.24, 2.45) is 0 Å². The molecule has 0 aromatic heterocycles. The molecule has 0 aliphatic carbocycles. The molecular weight excluding hydrogens is 220 g/mol. The Bertz CT molecular complexity index is 465. The van der Waals surface area contributed by atoms with Gasteiger partial charge in [0.15, 0.2) is 11.5 Å². The molecule has 0 amide bonds. The predicted octanol–water partition coefficient (Wildman–Crippen LogP) is 0.793. The smallest absolute Gasteiger partial charge is 0.296 e. The molecule has 1 aromatic carbocycles. The molecule has 0 bridgehead atoms. The fourth-order valence-electron chi connectivity index (χ4n) is 1.28. The SMILES string of the molecule is COS(=O)(=O)c1ccc2c(c1)OCCO2. The number of hydrogen-bond donors (Lipinski definition) is 0. The lowest BCUT2D eigenvalue weighted by Gasteiger charge is -2.18. The average Bonchev–Trinajstić information content (AvgIpc) is 2.28. The Morgan fingerprint density at radius 2 is 1.87 bits per heavy atom. The van der Waals surface area contributed by atoms with Crippen LogP contribution in [0, 0.1) is 0 Å². The summed E-state index contributed by atoms with van der Waals surface area (Å²) in [6, 6.07) is 4.38. The molecule has 1 aromatic rings. The summed E-state index contributed by atoms with van der Waals surface area (Å²) in [6.07, 6.45) is 0. The van der Waals surface area contributed by atoms with Crippen molar-refractivity contribution < 1.29 is 22.1 Å². The Balaban J connectivity index is 2.45. The molecule has 0 unspecified atom stereocenters. The average molecular weight is 230 g/mol. The molecular formula is C9H10O5S. The molecule has 0 saturated heterocycles. The monoisotopic (exact) mass is 230 g/mol. The minimum atomic E-state index is -3.67. The summed E-state index contributed by atoms with van der Waals surface area (Å²) in [5.74, 6) is 0.982. The Morgan fingerprint density at radius 3 is 2.53 bits per heavy atom. The first-order valence-corrected chi connectivity index (χ1v) is 5.74. The first-order chi connectivity index (χ1) is 7.13.